The summed E-state index contributed by atoms with van der Waals surface area (Å²) in [4.78, 5) is 20.3. The lowest BCUT2D eigenvalue weighted by molar-refractivity contribution is 1.31. The molecule has 0 saturated heterocycles. The summed E-state index contributed by atoms with van der Waals surface area (Å²) in [6.45, 7) is 0. The standard InChI is InChI=1S/C96H58N4/c1-5-18-63-44-72(32-28-59(63)14-1)93-81-23-10-11-24-82(81)95(74-34-30-61-16-3-7-20-65(61)46-74)86-53-69(37-41-83(86)93)77-51-78(56-97-55-77)79-50-76-48-67(39-43-90(76)98-57-79)68-36-40-84-87(52-68)96(75-35-31-62-17-4-8-21-66(62)47-75)88-54-71(38-42-85(88)94(84)73-33-29-60-15-2-6-19-64(60)45-73)91-26-13-27-92(100-91)80-49-70-22-9-12-25-89(70)99-58-80/h1-58H. The third-order valence-electron chi connectivity index (χ3n) is 20.6. The normalized spacial score (nSPS) is 11.8. The summed E-state index contributed by atoms with van der Waals surface area (Å²) in [7, 11) is 0. The number of nitrogens with zero attached hydrogens (tertiary/aromatic N) is 4. The Hall–Kier alpha value is -13.3. The number of benzene rings is 16. The zero-order chi connectivity index (χ0) is 65.8. The van der Waals surface area contributed by atoms with E-state index in [-0.39, 0.29) is 0 Å². The van der Waals surface area contributed by atoms with E-state index < -0.39 is 0 Å². The molecule has 0 fully saturated rings. The van der Waals surface area contributed by atoms with Crippen LogP contribution in [-0.4, -0.2) is 19.9 Å². The highest BCUT2D eigenvalue weighted by Crippen LogP contribution is 2.49. The van der Waals surface area contributed by atoms with Crippen molar-refractivity contribution in [2.45, 2.75) is 0 Å². The van der Waals surface area contributed by atoms with Crippen molar-refractivity contribution in [2.75, 3.05) is 0 Å². The summed E-state index contributed by atoms with van der Waals surface area (Å²) >= 11 is 0. The van der Waals surface area contributed by atoms with Gasteiger partial charge in [-0.15, -0.1) is 0 Å². The molecule has 100 heavy (non-hydrogen) atoms. The number of rotatable bonds is 9. The van der Waals surface area contributed by atoms with Crippen LogP contribution in [0, 0.1) is 0 Å². The van der Waals surface area contributed by atoms with Crippen LogP contribution in [0.1, 0.15) is 0 Å². The molecule has 0 saturated carbocycles. The molecule has 4 nitrogen and oxygen atoms in total. The van der Waals surface area contributed by atoms with Crippen LogP contribution in [-0.2, 0) is 0 Å². The maximum atomic E-state index is 5.38. The first-order chi connectivity index (χ1) is 49.5. The number of para-hydroxylation sites is 1. The van der Waals surface area contributed by atoms with E-state index in [4.69, 9.17) is 19.9 Å². The van der Waals surface area contributed by atoms with E-state index in [1.54, 1.807) is 0 Å². The molecule has 4 heteroatoms. The lowest BCUT2D eigenvalue weighted by atomic mass is 9.83. The van der Waals surface area contributed by atoms with Crippen LogP contribution in [0.2, 0.25) is 0 Å². The van der Waals surface area contributed by atoms with Crippen molar-refractivity contribution in [3.63, 3.8) is 0 Å². The molecule has 20 rings (SSSR count). The minimum atomic E-state index is 0.877. The third-order valence-corrected chi connectivity index (χ3v) is 20.6. The monoisotopic (exact) mass is 1270 g/mol. The first-order valence-electron chi connectivity index (χ1n) is 34.2. The van der Waals surface area contributed by atoms with Crippen LogP contribution in [0.5, 0.6) is 0 Å². The van der Waals surface area contributed by atoms with Gasteiger partial charge in [0.1, 0.15) is 0 Å². The molecule has 4 heterocycles. The van der Waals surface area contributed by atoms with E-state index in [9.17, 15) is 0 Å². The quantitative estimate of drug-likeness (QED) is 0.135. The highest BCUT2D eigenvalue weighted by atomic mass is 14.7. The molecule has 0 aliphatic carbocycles. The largest absolute Gasteiger partial charge is 0.263 e. The average molecular weight is 1270 g/mol. The van der Waals surface area contributed by atoms with Gasteiger partial charge in [-0.1, -0.05) is 237 Å². The van der Waals surface area contributed by atoms with Gasteiger partial charge in [-0.05, 0) is 238 Å². The fraction of sp³-hybridized carbons (Fsp3) is 0. The van der Waals surface area contributed by atoms with Crippen molar-refractivity contribution >= 4 is 108 Å². The number of fused-ring (bicyclic) bond motifs is 10. The molecular weight excluding hydrogens is 1210 g/mol. The predicted octanol–water partition coefficient (Wildman–Crippen LogP) is 25.8. The molecule has 0 unspecified atom stereocenters. The van der Waals surface area contributed by atoms with Gasteiger partial charge in [-0.3, -0.25) is 15.0 Å². The van der Waals surface area contributed by atoms with E-state index in [0.717, 1.165) is 99.6 Å². The van der Waals surface area contributed by atoms with Crippen LogP contribution < -0.4 is 0 Å². The number of hydrogen-bond donors (Lipinski definition) is 0. The lowest BCUT2D eigenvalue weighted by Gasteiger charge is -2.20. The van der Waals surface area contributed by atoms with E-state index in [1.165, 1.54) is 109 Å². The molecule has 0 aliphatic heterocycles. The summed E-state index contributed by atoms with van der Waals surface area (Å²) in [5.41, 5.74) is 21.5. The first kappa shape index (κ1) is 57.0. The predicted molar refractivity (Wildman–Crippen MR) is 422 cm³/mol. The Kier molecular flexibility index (Phi) is 13.2. The summed E-state index contributed by atoms with van der Waals surface area (Å²) in [6, 6.07) is 120. The molecule has 0 radical (unpaired) electrons. The van der Waals surface area contributed by atoms with Crippen LogP contribution in [0.3, 0.4) is 0 Å². The van der Waals surface area contributed by atoms with Crippen molar-refractivity contribution < 1.29 is 0 Å². The van der Waals surface area contributed by atoms with Gasteiger partial charge < -0.3 is 0 Å². The van der Waals surface area contributed by atoms with Crippen molar-refractivity contribution in [1.29, 1.82) is 0 Å². The highest BCUT2D eigenvalue weighted by Gasteiger charge is 2.23. The van der Waals surface area contributed by atoms with Gasteiger partial charge in [0.05, 0.1) is 22.4 Å². The Morgan fingerprint density at radius 1 is 0.160 bits per heavy atom. The Bertz CT molecular complexity index is 6800. The minimum absolute atomic E-state index is 0.877. The number of aromatic nitrogens is 4. The number of pyridine rings is 4. The number of hydrogen-bond acceptors (Lipinski definition) is 4. The van der Waals surface area contributed by atoms with E-state index in [0.29, 0.717) is 0 Å². The lowest BCUT2D eigenvalue weighted by Crippen LogP contribution is -1.94. The third kappa shape index (κ3) is 9.76. The topological polar surface area (TPSA) is 51.6 Å². The zero-order valence-corrected chi connectivity index (χ0v) is 54.3. The minimum Gasteiger partial charge on any atom is -0.263 e. The second kappa shape index (κ2) is 23.2. The molecule has 0 bridgehead atoms. The van der Waals surface area contributed by atoms with Crippen LogP contribution in [0.25, 0.3) is 208 Å². The molecule has 4 aromatic heterocycles. The molecule has 0 aliphatic rings. The van der Waals surface area contributed by atoms with Crippen molar-refractivity contribution in [1.82, 2.24) is 19.9 Å². The van der Waals surface area contributed by atoms with Crippen molar-refractivity contribution in [2.24, 2.45) is 0 Å². The second-order valence-corrected chi connectivity index (χ2v) is 26.5. The van der Waals surface area contributed by atoms with Gasteiger partial charge in [-0.2, -0.15) is 0 Å². The fourth-order valence-electron chi connectivity index (χ4n) is 15.7. The van der Waals surface area contributed by atoms with Crippen molar-refractivity contribution in [3.05, 3.63) is 352 Å². The summed E-state index contributed by atoms with van der Waals surface area (Å²) < 4.78 is 0. The van der Waals surface area contributed by atoms with Crippen LogP contribution >= 0.6 is 0 Å². The van der Waals surface area contributed by atoms with Crippen LogP contribution in [0.15, 0.2) is 352 Å². The highest BCUT2D eigenvalue weighted by molar-refractivity contribution is 6.25. The molecule has 462 valence electrons. The second-order valence-electron chi connectivity index (χ2n) is 26.5. The Balaban J connectivity index is 0.734. The molecule has 0 N–H and O–H groups in total. The van der Waals surface area contributed by atoms with Crippen LogP contribution in [0.4, 0.5) is 0 Å². The summed E-state index contributed by atoms with van der Waals surface area (Å²) in [5.74, 6) is 0. The van der Waals surface area contributed by atoms with Gasteiger partial charge in [0.25, 0.3) is 0 Å². The van der Waals surface area contributed by atoms with Gasteiger partial charge in [-0.25, -0.2) is 4.98 Å². The molecule has 16 aromatic carbocycles. The Morgan fingerprint density at radius 2 is 0.480 bits per heavy atom. The molecule has 0 atom stereocenters. The Morgan fingerprint density at radius 3 is 1.01 bits per heavy atom. The first-order valence-corrected chi connectivity index (χ1v) is 34.2. The zero-order valence-electron chi connectivity index (χ0n) is 54.3. The molecular formula is C96H58N4. The van der Waals surface area contributed by atoms with E-state index >= 15 is 0 Å². The van der Waals surface area contributed by atoms with Gasteiger partial charge in [0.2, 0.25) is 0 Å². The maximum Gasteiger partial charge on any atom is 0.0725 e. The SMILES string of the molecule is c1cc(-c2cnc3ccccc3c2)nc(-c2ccc3c(-c4ccc5ccccc5c4)c4ccc(-c5ccc6ncc(-c7cncc(-c8ccc9c(-c%10ccc%11ccccc%11c%10)c%10ccccc%10c(-c%10ccc%11ccccc%11c%10)c9c8)c7)cc6c5)cc4c(-c4ccc5ccccc5c4)c3c2)c1. The molecule has 0 amide bonds. The molecule has 20 aromatic rings. The molecule has 0 spiro atoms. The van der Waals surface area contributed by atoms with Gasteiger partial charge in [0.15, 0.2) is 0 Å². The van der Waals surface area contributed by atoms with E-state index in [2.05, 4.69) is 322 Å². The Labute approximate surface area is 577 Å². The fourth-order valence-corrected chi connectivity index (χ4v) is 15.7. The van der Waals surface area contributed by atoms with Gasteiger partial charge in [0, 0.05) is 63.4 Å². The van der Waals surface area contributed by atoms with Crippen molar-refractivity contribution in [3.8, 4) is 100 Å². The van der Waals surface area contributed by atoms with Gasteiger partial charge >= 0.3 is 0 Å². The van der Waals surface area contributed by atoms with E-state index in [1.807, 2.05) is 30.9 Å². The maximum absolute atomic E-state index is 5.38. The summed E-state index contributed by atoms with van der Waals surface area (Å²) in [6.07, 6.45) is 7.90. The summed E-state index contributed by atoms with van der Waals surface area (Å²) in [5, 5.41) is 21.3. The smallest absolute Gasteiger partial charge is 0.0725 e. The average Bonchev–Trinajstić information content (AvgIpc) is 0.729.